The summed E-state index contributed by atoms with van der Waals surface area (Å²) in [5, 5.41) is 8.94. The summed E-state index contributed by atoms with van der Waals surface area (Å²) in [6.45, 7) is 1.81. The predicted octanol–water partition coefficient (Wildman–Crippen LogP) is 1.29. The lowest BCUT2D eigenvalue weighted by Crippen LogP contribution is -2.52. The average molecular weight is 256 g/mol. The summed E-state index contributed by atoms with van der Waals surface area (Å²) in [6, 6.07) is 7.01. The molecule has 0 aliphatic carbocycles. The predicted molar refractivity (Wildman–Crippen MR) is 66.3 cm³/mol. The Kier molecular flexibility index (Phi) is 2.61. The van der Waals surface area contributed by atoms with Gasteiger partial charge >= 0.3 is 0 Å². The minimum atomic E-state index is -0.521. The average Bonchev–Trinajstić information content (AvgIpc) is 2.86. The molecular formula is C14H12N2O3. The summed E-state index contributed by atoms with van der Waals surface area (Å²) in [6.07, 6.45) is 0.131. The molecule has 0 aromatic heterocycles. The van der Waals surface area contributed by atoms with E-state index in [0.29, 0.717) is 24.1 Å². The van der Waals surface area contributed by atoms with Crippen LogP contribution < -0.4 is 4.90 Å². The first-order valence-electron chi connectivity index (χ1n) is 6.16. The van der Waals surface area contributed by atoms with Crippen LogP contribution in [0.25, 0.3) is 0 Å². The van der Waals surface area contributed by atoms with Crippen molar-refractivity contribution in [2.24, 2.45) is 0 Å². The molecule has 1 aromatic rings. The quantitative estimate of drug-likeness (QED) is 0.710. The summed E-state index contributed by atoms with van der Waals surface area (Å²) in [4.78, 5) is 25.7. The van der Waals surface area contributed by atoms with E-state index in [9.17, 15) is 9.59 Å². The lowest BCUT2D eigenvalue weighted by molar-refractivity contribution is -0.146. The van der Waals surface area contributed by atoms with Gasteiger partial charge in [-0.1, -0.05) is 6.07 Å². The second-order valence-corrected chi connectivity index (χ2v) is 4.82. The highest BCUT2D eigenvalue weighted by Crippen LogP contribution is 2.33. The van der Waals surface area contributed by atoms with Crippen LogP contribution in [0.5, 0.6) is 0 Å². The van der Waals surface area contributed by atoms with Gasteiger partial charge in [0.15, 0.2) is 0 Å². The molecule has 2 saturated heterocycles. The Hall–Kier alpha value is -2.19. The van der Waals surface area contributed by atoms with Gasteiger partial charge in [-0.2, -0.15) is 5.26 Å². The Morgan fingerprint density at radius 2 is 1.89 bits per heavy atom. The van der Waals surface area contributed by atoms with Gasteiger partial charge in [0.25, 0.3) is 11.8 Å². The maximum absolute atomic E-state index is 12.2. The molecule has 2 aliphatic heterocycles. The van der Waals surface area contributed by atoms with Crippen molar-refractivity contribution < 1.29 is 14.3 Å². The number of morpholine rings is 1. The summed E-state index contributed by atoms with van der Waals surface area (Å²) in [5.41, 5.74) is 1.72. The van der Waals surface area contributed by atoms with Gasteiger partial charge in [0, 0.05) is 0 Å². The van der Waals surface area contributed by atoms with E-state index in [4.69, 9.17) is 10.00 Å². The first-order chi connectivity index (χ1) is 9.11. The highest BCUT2D eigenvalue weighted by molar-refractivity contribution is 6.20. The number of amides is 2. The van der Waals surface area contributed by atoms with Crippen molar-refractivity contribution in [3.63, 3.8) is 0 Å². The molecule has 2 unspecified atom stereocenters. The van der Waals surface area contributed by atoms with E-state index in [1.807, 2.05) is 13.0 Å². The van der Waals surface area contributed by atoms with E-state index in [0.717, 1.165) is 5.56 Å². The van der Waals surface area contributed by atoms with Gasteiger partial charge in [0.2, 0.25) is 0 Å². The number of rotatable bonds is 1. The Morgan fingerprint density at radius 3 is 2.47 bits per heavy atom. The van der Waals surface area contributed by atoms with Crippen molar-refractivity contribution in [2.75, 3.05) is 4.90 Å². The molecule has 5 nitrogen and oxygen atoms in total. The zero-order valence-corrected chi connectivity index (χ0v) is 10.4. The Balaban J connectivity index is 2.08. The van der Waals surface area contributed by atoms with Crippen molar-refractivity contribution in [3.8, 4) is 6.07 Å². The Bertz CT molecular complexity index is 596. The zero-order chi connectivity index (χ0) is 13.6. The minimum absolute atomic E-state index is 0.322. The number of nitrogens with zero attached hydrogens (tertiary/aromatic N) is 2. The number of fused-ring (bicyclic) bond motifs is 2. The number of anilines is 1. The van der Waals surface area contributed by atoms with Crippen LogP contribution in [0, 0.1) is 18.3 Å². The van der Waals surface area contributed by atoms with Crippen LogP contribution in [0.4, 0.5) is 5.69 Å². The van der Waals surface area contributed by atoms with Crippen LogP contribution in [0.1, 0.15) is 24.0 Å². The lowest BCUT2D eigenvalue weighted by Gasteiger charge is -2.30. The molecule has 2 fully saturated rings. The molecule has 0 N–H and O–H groups in total. The maximum atomic E-state index is 12.2. The van der Waals surface area contributed by atoms with Gasteiger partial charge in [-0.25, -0.2) is 4.90 Å². The van der Waals surface area contributed by atoms with Crippen LogP contribution >= 0.6 is 0 Å². The van der Waals surface area contributed by atoms with Crippen molar-refractivity contribution in [1.82, 2.24) is 0 Å². The maximum Gasteiger partial charge on any atom is 0.262 e. The second-order valence-electron chi connectivity index (χ2n) is 4.82. The molecule has 0 saturated carbocycles. The van der Waals surface area contributed by atoms with E-state index >= 15 is 0 Å². The molecule has 0 spiro atoms. The van der Waals surface area contributed by atoms with E-state index < -0.39 is 12.2 Å². The number of carbonyl (C=O) groups is 2. The fraction of sp³-hybridized carbons (Fsp3) is 0.357. The second kappa shape index (κ2) is 4.18. The molecular weight excluding hydrogens is 244 g/mol. The van der Waals surface area contributed by atoms with Gasteiger partial charge in [-0.15, -0.1) is 0 Å². The normalized spacial score (nSPS) is 25.6. The third-order valence-corrected chi connectivity index (χ3v) is 3.59. The number of benzene rings is 1. The largest absolute Gasteiger partial charge is 0.355 e. The van der Waals surface area contributed by atoms with E-state index in [1.165, 1.54) is 4.90 Å². The molecule has 96 valence electrons. The minimum Gasteiger partial charge on any atom is -0.355 e. The number of ether oxygens (including phenoxy) is 1. The first kappa shape index (κ1) is 11.9. The standard InChI is InChI=1S/C14H12N2O3/c1-8-2-3-9(7-15)6-10(8)16-13(17)11-4-5-12(19-11)14(16)18/h2-3,6,11-12H,4-5H2,1H3. The van der Waals surface area contributed by atoms with Crippen molar-refractivity contribution in [2.45, 2.75) is 32.0 Å². The molecule has 2 aliphatic rings. The fourth-order valence-corrected chi connectivity index (χ4v) is 2.55. The highest BCUT2D eigenvalue weighted by Gasteiger charge is 2.47. The third kappa shape index (κ3) is 1.72. The monoisotopic (exact) mass is 256 g/mol. The SMILES string of the molecule is Cc1ccc(C#N)cc1N1C(=O)C2CCC(O2)C1=O. The number of imide groups is 1. The summed E-state index contributed by atoms with van der Waals surface area (Å²) in [7, 11) is 0. The van der Waals surface area contributed by atoms with Crippen LogP contribution in [0.15, 0.2) is 18.2 Å². The molecule has 2 atom stereocenters. The van der Waals surface area contributed by atoms with Crippen LogP contribution in [0.2, 0.25) is 0 Å². The molecule has 0 radical (unpaired) electrons. The summed E-state index contributed by atoms with van der Waals surface area (Å²) >= 11 is 0. The topological polar surface area (TPSA) is 70.4 Å². The molecule has 2 bridgehead atoms. The summed E-state index contributed by atoms with van der Waals surface area (Å²) in [5.74, 6) is -0.645. The smallest absolute Gasteiger partial charge is 0.262 e. The zero-order valence-electron chi connectivity index (χ0n) is 10.4. The van der Waals surface area contributed by atoms with Gasteiger partial charge < -0.3 is 4.74 Å². The molecule has 1 aromatic carbocycles. The van der Waals surface area contributed by atoms with Crippen molar-refractivity contribution >= 4 is 17.5 Å². The number of hydrogen-bond donors (Lipinski definition) is 0. The number of carbonyl (C=O) groups excluding carboxylic acids is 2. The van der Waals surface area contributed by atoms with E-state index in [1.54, 1.807) is 18.2 Å². The van der Waals surface area contributed by atoms with Crippen LogP contribution in [-0.4, -0.2) is 24.0 Å². The molecule has 2 heterocycles. The van der Waals surface area contributed by atoms with Gasteiger partial charge in [-0.3, -0.25) is 9.59 Å². The van der Waals surface area contributed by atoms with Gasteiger partial charge in [0.05, 0.1) is 17.3 Å². The third-order valence-electron chi connectivity index (χ3n) is 3.59. The van der Waals surface area contributed by atoms with Crippen molar-refractivity contribution in [1.29, 1.82) is 5.26 Å². The van der Waals surface area contributed by atoms with Crippen LogP contribution in [0.3, 0.4) is 0 Å². The Morgan fingerprint density at radius 1 is 1.26 bits per heavy atom. The molecule has 3 rings (SSSR count). The fourth-order valence-electron chi connectivity index (χ4n) is 2.55. The van der Waals surface area contributed by atoms with E-state index in [2.05, 4.69) is 0 Å². The Labute approximate surface area is 110 Å². The lowest BCUT2D eigenvalue weighted by atomic mass is 10.1. The van der Waals surface area contributed by atoms with E-state index in [-0.39, 0.29) is 11.8 Å². The molecule has 2 amide bonds. The van der Waals surface area contributed by atoms with Gasteiger partial charge in [-0.05, 0) is 37.5 Å². The van der Waals surface area contributed by atoms with Gasteiger partial charge in [0.1, 0.15) is 12.2 Å². The van der Waals surface area contributed by atoms with Crippen LogP contribution in [-0.2, 0) is 14.3 Å². The number of hydrogen-bond acceptors (Lipinski definition) is 4. The van der Waals surface area contributed by atoms with Crippen molar-refractivity contribution in [3.05, 3.63) is 29.3 Å². The first-order valence-corrected chi connectivity index (χ1v) is 6.16. The molecule has 19 heavy (non-hydrogen) atoms. The number of nitriles is 1. The summed E-state index contributed by atoms with van der Waals surface area (Å²) < 4.78 is 5.36. The highest BCUT2D eigenvalue weighted by atomic mass is 16.5. The number of aryl methyl sites for hydroxylation is 1. The molecule has 5 heteroatoms.